The van der Waals surface area contributed by atoms with Crippen molar-refractivity contribution >= 4 is 0 Å². The number of pyridine rings is 1. The molecular formula is C15H22N2. The lowest BCUT2D eigenvalue weighted by Crippen LogP contribution is -2.38. The van der Waals surface area contributed by atoms with Crippen molar-refractivity contribution in [3.63, 3.8) is 0 Å². The molecule has 2 aliphatic rings. The third-order valence-electron chi connectivity index (χ3n) is 4.65. The zero-order valence-electron chi connectivity index (χ0n) is 10.4. The van der Waals surface area contributed by atoms with Crippen molar-refractivity contribution in [1.29, 1.82) is 0 Å². The summed E-state index contributed by atoms with van der Waals surface area (Å²) in [5.74, 6) is 2.54. The van der Waals surface area contributed by atoms with Crippen molar-refractivity contribution in [2.75, 3.05) is 13.1 Å². The second-order valence-corrected chi connectivity index (χ2v) is 5.59. The minimum Gasteiger partial charge on any atom is -0.316 e. The first-order chi connectivity index (χ1) is 8.45. The molecule has 3 rings (SSSR count). The van der Waals surface area contributed by atoms with Gasteiger partial charge in [0.2, 0.25) is 0 Å². The Kier molecular flexibility index (Phi) is 3.41. The summed E-state index contributed by atoms with van der Waals surface area (Å²) in [6, 6.07) is 4.36. The first-order valence-electron chi connectivity index (χ1n) is 7.06. The summed E-state index contributed by atoms with van der Waals surface area (Å²) in [7, 11) is 0. The Bertz CT molecular complexity index is 343. The fourth-order valence-electron chi connectivity index (χ4n) is 3.77. The summed E-state index contributed by atoms with van der Waals surface area (Å²) in [6.07, 6.45) is 11.0. The van der Waals surface area contributed by atoms with Crippen molar-refractivity contribution in [1.82, 2.24) is 10.3 Å². The Morgan fingerprint density at radius 3 is 2.82 bits per heavy atom. The van der Waals surface area contributed by atoms with Gasteiger partial charge in [-0.15, -0.1) is 0 Å². The third kappa shape index (κ3) is 2.37. The number of piperidine rings is 1. The molecule has 1 saturated carbocycles. The quantitative estimate of drug-likeness (QED) is 0.845. The zero-order chi connectivity index (χ0) is 11.5. The molecular weight excluding hydrogens is 208 g/mol. The molecule has 2 nitrogen and oxygen atoms in total. The third-order valence-corrected chi connectivity index (χ3v) is 4.65. The highest BCUT2D eigenvalue weighted by atomic mass is 14.9. The van der Waals surface area contributed by atoms with Crippen LogP contribution in [-0.2, 0) is 0 Å². The molecule has 0 amide bonds. The van der Waals surface area contributed by atoms with Gasteiger partial charge in [0.15, 0.2) is 0 Å². The first-order valence-corrected chi connectivity index (χ1v) is 7.06. The Morgan fingerprint density at radius 1 is 1.18 bits per heavy atom. The van der Waals surface area contributed by atoms with E-state index in [1.54, 1.807) is 0 Å². The molecule has 2 unspecified atom stereocenters. The van der Waals surface area contributed by atoms with Crippen molar-refractivity contribution in [3.8, 4) is 0 Å². The molecule has 2 heteroatoms. The van der Waals surface area contributed by atoms with Gasteiger partial charge in [0.1, 0.15) is 0 Å². The largest absolute Gasteiger partial charge is 0.316 e. The van der Waals surface area contributed by atoms with E-state index in [9.17, 15) is 0 Å². The maximum atomic E-state index is 4.30. The van der Waals surface area contributed by atoms with E-state index in [0.29, 0.717) is 0 Å². The maximum absolute atomic E-state index is 4.30. The summed E-state index contributed by atoms with van der Waals surface area (Å²) >= 11 is 0. The van der Waals surface area contributed by atoms with Crippen LogP contribution in [0, 0.1) is 11.8 Å². The number of hydrogen-bond acceptors (Lipinski definition) is 2. The Balaban J connectivity index is 1.80. The molecule has 0 spiro atoms. The molecule has 0 radical (unpaired) electrons. The predicted octanol–water partition coefficient (Wildman–Crippen LogP) is 2.96. The van der Waals surface area contributed by atoms with Crippen LogP contribution < -0.4 is 5.32 Å². The van der Waals surface area contributed by atoms with Crippen molar-refractivity contribution < 1.29 is 0 Å². The number of hydrogen-bond donors (Lipinski definition) is 1. The van der Waals surface area contributed by atoms with E-state index in [0.717, 1.165) is 17.8 Å². The van der Waals surface area contributed by atoms with E-state index in [4.69, 9.17) is 0 Å². The van der Waals surface area contributed by atoms with Crippen LogP contribution in [-0.4, -0.2) is 18.1 Å². The summed E-state index contributed by atoms with van der Waals surface area (Å²) < 4.78 is 0. The van der Waals surface area contributed by atoms with E-state index in [-0.39, 0.29) is 0 Å². The second kappa shape index (κ2) is 5.18. The Morgan fingerprint density at radius 2 is 2.06 bits per heavy atom. The molecule has 2 heterocycles. The number of aromatic nitrogens is 1. The van der Waals surface area contributed by atoms with Crippen LogP contribution in [0.1, 0.15) is 43.6 Å². The summed E-state index contributed by atoms with van der Waals surface area (Å²) in [5.41, 5.74) is 1.46. The standard InChI is InChI=1S/C15H22N2/c1-2-5-12(4-1)15-11-17-9-7-14(15)13-6-3-8-16-10-13/h3,6,8,10,12,14-15,17H,1-2,4-5,7,9,11H2. The molecule has 1 aliphatic carbocycles. The average Bonchev–Trinajstić information content (AvgIpc) is 2.94. The molecule has 2 atom stereocenters. The van der Waals surface area contributed by atoms with Crippen LogP contribution in [0.4, 0.5) is 0 Å². The highest BCUT2D eigenvalue weighted by molar-refractivity contribution is 5.17. The van der Waals surface area contributed by atoms with Gasteiger partial charge in [0.05, 0.1) is 0 Å². The zero-order valence-corrected chi connectivity index (χ0v) is 10.4. The van der Waals surface area contributed by atoms with E-state index in [1.165, 1.54) is 50.8 Å². The van der Waals surface area contributed by atoms with Crippen LogP contribution in [0.25, 0.3) is 0 Å². The van der Waals surface area contributed by atoms with E-state index < -0.39 is 0 Å². The molecule has 17 heavy (non-hydrogen) atoms. The van der Waals surface area contributed by atoms with Gasteiger partial charge < -0.3 is 5.32 Å². The van der Waals surface area contributed by atoms with E-state index in [2.05, 4.69) is 28.6 Å². The highest BCUT2D eigenvalue weighted by Gasteiger charge is 2.33. The predicted molar refractivity (Wildman–Crippen MR) is 69.9 cm³/mol. The maximum Gasteiger partial charge on any atom is 0.0302 e. The molecule has 1 aromatic heterocycles. The minimum absolute atomic E-state index is 0.744. The van der Waals surface area contributed by atoms with Crippen LogP contribution in [0.3, 0.4) is 0 Å². The summed E-state index contributed by atoms with van der Waals surface area (Å²) in [5, 5.41) is 3.59. The lowest BCUT2D eigenvalue weighted by atomic mass is 9.74. The van der Waals surface area contributed by atoms with Crippen LogP contribution in [0.15, 0.2) is 24.5 Å². The van der Waals surface area contributed by atoms with Gasteiger partial charge in [-0.3, -0.25) is 4.98 Å². The fourth-order valence-corrected chi connectivity index (χ4v) is 3.77. The van der Waals surface area contributed by atoms with Gasteiger partial charge in [0.25, 0.3) is 0 Å². The molecule has 1 aromatic rings. The lowest BCUT2D eigenvalue weighted by molar-refractivity contribution is 0.231. The molecule has 0 aromatic carbocycles. The Hall–Kier alpha value is -0.890. The number of nitrogens with one attached hydrogen (secondary N) is 1. The second-order valence-electron chi connectivity index (χ2n) is 5.59. The molecule has 1 aliphatic heterocycles. The van der Waals surface area contributed by atoms with Gasteiger partial charge >= 0.3 is 0 Å². The van der Waals surface area contributed by atoms with Gasteiger partial charge in [-0.25, -0.2) is 0 Å². The van der Waals surface area contributed by atoms with Gasteiger partial charge in [-0.2, -0.15) is 0 Å². The lowest BCUT2D eigenvalue weighted by Gasteiger charge is -2.36. The van der Waals surface area contributed by atoms with Crippen LogP contribution in [0.2, 0.25) is 0 Å². The molecule has 1 N–H and O–H groups in total. The van der Waals surface area contributed by atoms with Crippen LogP contribution >= 0.6 is 0 Å². The summed E-state index contributed by atoms with van der Waals surface area (Å²) in [6.45, 7) is 2.38. The van der Waals surface area contributed by atoms with Crippen molar-refractivity contribution in [2.45, 2.75) is 38.0 Å². The first kappa shape index (κ1) is 11.2. The molecule has 1 saturated heterocycles. The van der Waals surface area contributed by atoms with E-state index >= 15 is 0 Å². The highest BCUT2D eigenvalue weighted by Crippen LogP contribution is 2.41. The normalized spacial score (nSPS) is 30.6. The van der Waals surface area contributed by atoms with Gasteiger partial charge in [-0.1, -0.05) is 31.7 Å². The van der Waals surface area contributed by atoms with Gasteiger partial charge in [-0.05, 0) is 48.9 Å². The molecule has 0 bridgehead atoms. The summed E-state index contributed by atoms with van der Waals surface area (Å²) in [4.78, 5) is 4.30. The van der Waals surface area contributed by atoms with E-state index in [1.807, 2.05) is 6.20 Å². The Labute approximate surface area is 104 Å². The average molecular weight is 230 g/mol. The van der Waals surface area contributed by atoms with Crippen LogP contribution in [0.5, 0.6) is 0 Å². The van der Waals surface area contributed by atoms with Crippen molar-refractivity contribution in [3.05, 3.63) is 30.1 Å². The number of nitrogens with zero attached hydrogens (tertiary/aromatic N) is 1. The minimum atomic E-state index is 0.744. The topological polar surface area (TPSA) is 24.9 Å². The monoisotopic (exact) mass is 230 g/mol. The van der Waals surface area contributed by atoms with Gasteiger partial charge in [0, 0.05) is 12.4 Å². The molecule has 2 fully saturated rings. The van der Waals surface area contributed by atoms with Crippen molar-refractivity contribution in [2.24, 2.45) is 11.8 Å². The fraction of sp³-hybridized carbons (Fsp3) is 0.667. The molecule has 92 valence electrons. The number of rotatable bonds is 2. The SMILES string of the molecule is c1cncc(C2CCNCC2C2CCCC2)c1. The smallest absolute Gasteiger partial charge is 0.0302 e.